The third kappa shape index (κ3) is 2.48. The molecule has 1 aromatic rings. The molecule has 0 aliphatic carbocycles. The highest BCUT2D eigenvalue weighted by atomic mass is 19.1. The summed E-state index contributed by atoms with van der Waals surface area (Å²) in [6.07, 6.45) is 3.11. The molecule has 1 saturated heterocycles. The lowest BCUT2D eigenvalue weighted by Gasteiger charge is -2.11. The average molecular weight is 209 g/mol. The molecule has 1 aliphatic rings. The Morgan fingerprint density at radius 1 is 1.53 bits per heavy atom. The summed E-state index contributed by atoms with van der Waals surface area (Å²) >= 11 is 0. The summed E-state index contributed by atoms with van der Waals surface area (Å²) in [5.74, 6) is 0.415. The van der Waals surface area contributed by atoms with Gasteiger partial charge in [-0.05, 0) is 37.4 Å². The molecular weight excluding hydrogens is 193 g/mol. The van der Waals surface area contributed by atoms with Crippen LogP contribution in [0.1, 0.15) is 18.4 Å². The van der Waals surface area contributed by atoms with Gasteiger partial charge in [0.2, 0.25) is 0 Å². The number of benzene rings is 1. The van der Waals surface area contributed by atoms with Crippen LogP contribution in [0.3, 0.4) is 0 Å². The van der Waals surface area contributed by atoms with Crippen LogP contribution in [-0.2, 0) is 6.42 Å². The van der Waals surface area contributed by atoms with Crippen molar-refractivity contribution in [2.75, 3.05) is 13.7 Å². The van der Waals surface area contributed by atoms with E-state index in [4.69, 9.17) is 4.74 Å². The number of hydrogen-bond donors (Lipinski definition) is 1. The van der Waals surface area contributed by atoms with E-state index in [1.54, 1.807) is 7.11 Å². The van der Waals surface area contributed by atoms with Crippen molar-refractivity contribution in [3.8, 4) is 5.75 Å². The van der Waals surface area contributed by atoms with Crippen LogP contribution < -0.4 is 10.1 Å². The van der Waals surface area contributed by atoms with Crippen molar-refractivity contribution in [2.24, 2.45) is 0 Å². The fourth-order valence-electron chi connectivity index (χ4n) is 2.02. The fourth-order valence-corrected chi connectivity index (χ4v) is 2.02. The van der Waals surface area contributed by atoms with Crippen LogP contribution in [0, 0.1) is 5.82 Å². The van der Waals surface area contributed by atoms with E-state index in [9.17, 15) is 4.39 Å². The normalized spacial score (nSPS) is 20.5. The van der Waals surface area contributed by atoms with Crippen LogP contribution in [0.15, 0.2) is 18.2 Å². The number of ether oxygens (including phenoxy) is 1. The van der Waals surface area contributed by atoms with E-state index in [2.05, 4.69) is 5.32 Å². The molecule has 0 aromatic heterocycles. The lowest BCUT2D eigenvalue weighted by atomic mass is 10.0. The highest BCUT2D eigenvalue weighted by molar-refractivity contribution is 5.29. The SMILES string of the molecule is COc1ccc(CC2CCCN2)c(F)c1. The molecule has 15 heavy (non-hydrogen) atoms. The summed E-state index contributed by atoms with van der Waals surface area (Å²) < 4.78 is 18.5. The van der Waals surface area contributed by atoms with Crippen molar-refractivity contribution in [1.82, 2.24) is 5.32 Å². The first-order chi connectivity index (χ1) is 7.29. The zero-order chi connectivity index (χ0) is 10.7. The molecule has 1 N–H and O–H groups in total. The highest BCUT2D eigenvalue weighted by Gasteiger charge is 2.16. The van der Waals surface area contributed by atoms with Gasteiger partial charge in [0.25, 0.3) is 0 Å². The second-order valence-electron chi connectivity index (χ2n) is 3.95. The molecule has 3 heteroatoms. The van der Waals surface area contributed by atoms with Crippen LogP contribution in [0.4, 0.5) is 4.39 Å². The molecule has 2 nitrogen and oxygen atoms in total. The number of hydrogen-bond acceptors (Lipinski definition) is 2. The summed E-state index contributed by atoms with van der Waals surface area (Å²) in [7, 11) is 1.55. The van der Waals surface area contributed by atoms with Gasteiger partial charge in [-0.1, -0.05) is 6.07 Å². The van der Waals surface area contributed by atoms with Crippen molar-refractivity contribution in [2.45, 2.75) is 25.3 Å². The summed E-state index contributed by atoms with van der Waals surface area (Å²) in [6.45, 7) is 1.06. The van der Waals surface area contributed by atoms with Crippen molar-refractivity contribution in [3.63, 3.8) is 0 Å². The maximum Gasteiger partial charge on any atom is 0.130 e. The lowest BCUT2D eigenvalue weighted by Crippen LogP contribution is -2.24. The quantitative estimate of drug-likeness (QED) is 0.823. The van der Waals surface area contributed by atoms with Gasteiger partial charge in [0.05, 0.1) is 7.11 Å². The summed E-state index contributed by atoms with van der Waals surface area (Å²) in [5, 5.41) is 3.36. The molecular formula is C12H16FNO. The van der Waals surface area contributed by atoms with E-state index < -0.39 is 0 Å². The lowest BCUT2D eigenvalue weighted by molar-refractivity contribution is 0.410. The summed E-state index contributed by atoms with van der Waals surface area (Å²) in [5.41, 5.74) is 0.773. The second kappa shape index (κ2) is 4.62. The van der Waals surface area contributed by atoms with E-state index >= 15 is 0 Å². The van der Waals surface area contributed by atoms with Gasteiger partial charge in [-0.15, -0.1) is 0 Å². The molecule has 1 atom stereocenters. The first-order valence-corrected chi connectivity index (χ1v) is 5.35. The zero-order valence-corrected chi connectivity index (χ0v) is 8.92. The second-order valence-corrected chi connectivity index (χ2v) is 3.95. The van der Waals surface area contributed by atoms with Crippen LogP contribution >= 0.6 is 0 Å². The molecule has 0 radical (unpaired) electrons. The monoisotopic (exact) mass is 209 g/mol. The molecule has 0 saturated carbocycles. The van der Waals surface area contributed by atoms with Crippen LogP contribution in [0.5, 0.6) is 5.75 Å². The standard InChI is InChI=1S/C12H16FNO/c1-15-11-5-4-9(12(13)8-11)7-10-3-2-6-14-10/h4-5,8,10,14H,2-3,6-7H2,1H3. The Bertz CT molecular complexity index is 334. The highest BCUT2D eigenvalue weighted by Crippen LogP contribution is 2.19. The van der Waals surface area contributed by atoms with E-state index in [1.165, 1.54) is 12.5 Å². The summed E-state index contributed by atoms with van der Waals surface area (Å²) in [6, 6.07) is 5.51. The molecule has 82 valence electrons. The first kappa shape index (κ1) is 10.4. The number of methoxy groups -OCH3 is 1. The molecule has 0 amide bonds. The van der Waals surface area contributed by atoms with Gasteiger partial charge in [-0.2, -0.15) is 0 Å². The Morgan fingerprint density at radius 3 is 3.00 bits per heavy atom. The Morgan fingerprint density at radius 2 is 2.40 bits per heavy atom. The predicted octanol–water partition coefficient (Wildman–Crippen LogP) is 2.13. The molecule has 0 spiro atoms. The van der Waals surface area contributed by atoms with Gasteiger partial charge in [0, 0.05) is 12.1 Å². The zero-order valence-electron chi connectivity index (χ0n) is 8.92. The predicted molar refractivity (Wildman–Crippen MR) is 57.7 cm³/mol. The van der Waals surface area contributed by atoms with Crippen LogP contribution in [0.2, 0.25) is 0 Å². The van der Waals surface area contributed by atoms with Crippen molar-refractivity contribution in [1.29, 1.82) is 0 Å². The Hall–Kier alpha value is -1.09. The van der Waals surface area contributed by atoms with Crippen LogP contribution in [0.25, 0.3) is 0 Å². The summed E-state index contributed by atoms with van der Waals surface area (Å²) in [4.78, 5) is 0. The molecule has 1 aliphatic heterocycles. The van der Waals surface area contributed by atoms with Crippen molar-refractivity contribution >= 4 is 0 Å². The minimum Gasteiger partial charge on any atom is -0.497 e. The number of rotatable bonds is 3. The maximum absolute atomic E-state index is 13.6. The molecule has 1 unspecified atom stereocenters. The van der Waals surface area contributed by atoms with Crippen molar-refractivity contribution in [3.05, 3.63) is 29.6 Å². The largest absolute Gasteiger partial charge is 0.497 e. The molecule has 1 fully saturated rings. The van der Waals surface area contributed by atoms with E-state index in [0.29, 0.717) is 11.8 Å². The van der Waals surface area contributed by atoms with Gasteiger partial charge >= 0.3 is 0 Å². The first-order valence-electron chi connectivity index (χ1n) is 5.35. The Labute approximate surface area is 89.4 Å². The van der Waals surface area contributed by atoms with Gasteiger partial charge in [-0.3, -0.25) is 0 Å². The van der Waals surface area contributed by atoms with E-state index in [-0.39, 0.29) is 5.82 Å². The van der Waals surface area contributed by atoms with Gasteiger partial charge < -0.3 is 10.1 Å². The number of nitrogens with one attached hydrogen (secondary N) is 1. The minimum atomic E-state index is -0.164. The Kier molecular flexibility index (Phi) is 3.21. The molecule has 1 heterocycles. The van der Waals surface area contributed by atoms with E-state index in [0.717, 1.165) is 24.9 Å². The minimum absolute atomic E-state index is 0.164. The molecule has 2 rings (SSSR count). The average Bonchev–Trinajstić information content (AvgIpc) is 2.74. The van der Waals surface area contributed by atoms with Gasteiger partial charge in [-0.25, -0.2) is 4.39 Å². The van der Waals surface area contributed by atoms with E-state index in [1.807, 2.05) is 12.1 Å². The third-order valence-electron chi connectivity index (χ3n) is 2.89. The molecule has 1 aromatic carbocycles. The Balaban J connectivity index is 2.07. The smallest absolute Gasteiger partial charge is 0.130 e. The molecule has 0 bridgehead atoms. The van der Waals surface area contributed by atoms with Gasteiger partial charge in [0.1, 0.15) is 11.6 Å². The van der Waals surface area contributed by atoms with Gasteiger partial charge in [0.15, 0.2) is 0 Å². The van der Waals surface area contributed by atoms with Crippen molar-refractivity contribution < 1.29 is 9.13 Å². The number of halogens is 1. The fraction of sp³-hybridized carbons (Fsp3) is 0.500. The topological polar surface area (TPSA) is 21.3 Å². The third-order valence-corrected chi connectivity index (χ3v) is 2.89. The maximum atomic E-state index is 13.6. The van der Waals surface area contributed by atoms with Crippen LogP contribution in [-0.4, -0.2) is 19.7 Å².